The van der Waals surface area contributed by atoms with E-state index in [4.69, 9.17) is 4.74 Å². The van der Waals surface area contributed by atoms with Gasteiger partial charge in [0.05, 0.1) is 12.3 Å². The standard InChI is InChI=1S/C18H16FNO2/c1-2-22-18(21)20-12-11-13-5-3-4-6-16(13)17(20)14-7-9-15(19)10-8-14/h2-10,17H,1,11-12H2/t17-/m0/s1. The first-order valence-corrected chi connectivity index (χ1v) is 7.12. The number of hydrogen-bond acceptors (Lipinski definition) is 2. The minimum absolute atomic E-state index is 0.280. The molecule has 0 saturated carbocycles. The fourth-order valence-corrected chi connectivity index (χ4v) is 2.91. The molecule has 1 aliphatic rings. The van der Waals surface area contributed by atoms with Gasteiger partial charge >= 0.3 is 6.09 Å². The van der Waals surface area contributed by atoms with Crippen LogP contribution in [0.2, 0.25) is 0 Å². The lowest BCUT2D eigenvalue weighted by molar-refractivity contribution is 0.122. The average molecular weight is 297 g/mol. The van der Waals surface area contributed by atoms with Gasteiger partial charge in [-0.3, -0.25) is 4.90 Å². The summed E-state index contributed by atoms with van der Waals surface area (Å²) in [6, 6.07) is 13.9. The van der Waals surface area contributed by atoms with Crippen LogP contribution in [0.4, 0.5) is 9.18 Å². The van der Waals surface area contributed by atoms with Gasteiger partial charge in [-0.1, -0.05) is 43.0 Å². The summed E-state index contributed by atoms with van der Waals surface area (Å²) in [7, 11) is 0. The molecule has 0 spiro atoms. The van der Waals surface area contributed by atoms with E-state index in [9.17, 15) is 9.18 Å². The molecule has 22 heavy (non-hydrogen) atoms. The first-order chi connectivity index (χ1) is 10.7. The van der Waals surface area contributed by atoms with Crippen molar-refractivity contribution in [2.24, 2.45) is 0 Å². The largest absolute Gasteiger partial charge is 0.419 e. The van der Waals surface area contributed by atoms with E-state index in [2.05, 4.69) is 12.6 Å². The monoisotopic (exact) mass is 297 g/mol. The van der Waals surface area contributed by atoms with Crippen LogP contribution in [0.25, 0.3) is 0 Å². The number of rotatable bonds is 2. The maximum atomic E-state index is 13.2. The second-order valence-corrected chi connectivity index (χ2v) is 5.15. The quantitative estimate of drug-likeness (QED) is 0.783. The molecule has 0 radical (unpaired) electrons. The number of amides is 1. The van der Waals surface area contributed by atoms with Crippen LogP contribution in [0, 0.1) is 5.82 Å². The van der Waals surface area contributed by atoms with Crippen LogP contribution in [-0.4, -0.2) is 17.5 Å². The molecule has 0 saturated heterocycles. The van der Waals surface area contributed by atoms with Gasteiger partial charge in [0.2, 0.25) is 0 Å². The molecule has 0 unspecified atom stereocenters. The number of halogens is 1. The third-order valence-electron chi connectivity index (χ3n) is 3.89. The average Bonchev–Trinajstić information content (AvgIpc) is 2.55. The highest BCUT2D eigenvalue weighted by atomic mass is 19.1. The van der Waals surface area contributed by atoms with Crippen molar-refractivity contribution >= 4 is 6.09 Å². The van der Waals surface area contributed by atoms with Crippen molar-refractivity contribution in [3.05, 3.63) is 83.9 Å². The lowest BCUT2D eigenvalue weighted by Crippen LogP contribution is -2.40. The van der Waals surface area contributed by atoms with Gasteiger partial charge < -0.3 is 4.74 Å². The highest BCUT2D eigenvalue weighted by Gasteiger charge is 2.32. The lowest BCUT2D eigenvalue weighted by atomic mass is 9.88. The summed E-state index contributed by atoms with van der Waals surface area (Å²) >= 11 is 0. The maximum Gasteiger partial charge on any atom is 0.415 e. The molecule has 0 aliphatic carbocycles. The number of benzene rings is 2. The molecule has 4 heteroatoms. The Kier molecular flexibility index (Phi) is 3.92. The first-order valence-electron chi connectivity index (χ1n) is 7.12. The highest BCUT2D eigenvalue weighted by molar-refractivity contribution is 5.70. The minimum Gasteiger partial charge on any atom is -0.419 e. The maximum absolute atomic E-state index is 13.2. The summed E-state index contributed by atoms with van der Waals surface area (Å²) in [6.45, 7) is 3.98. The summed E-state index contributed by atoms with van der Waals surface area (Å²) in [5.41, 5.74) is 3.09. The van der Waals surface area contributed by atoms with Crippen molar-refractivity contribution in [3.63, 3.8) is 0 Å². The molecule has 1 amide bonds. The normalized spacial score (nSPS) is 16.8. The Labute approximate surface area is 128 Å². The number of hydrogen-bond donors (Lipinski definition) is 0. The SMILES string of the molecule is C=COC(=O)N1CCc2ccccc2[C@@H]1c1ccc(F)cc1. The molecular formula is C18H16FNO2. The van der Waals surface area contributed by atoms with E-state index in [-0.39, 0.29) is 11.9 Å². The molecule has 2 aromatic rings. The molecule has 1 aliphatic heterocycles. The Morgan fingerprint density at radius 1 is 1.23 bits per heavy atom. The predicted octanol–water partition coefficient (Wildman–Crippen LogP) is 4.05. The Morgan fingerprint density at radius 2 is 1.95 bits per heavy atom. The zero-order valence-corrected chi connectivity index (χ0v) is 12.0. The Hall–Kier alpha value is -2.62. The van der Waals surface area contributed by atoms with Crippen LogP contribution < -0.4 is 0 Å². The molecule has 3 nitrogen and oxygen atoms in total. The molecule has 1 atom stereocenters. The topological polar surface area (TPSA) is 29.5 Å². The third-order valence-corrected chi connectivity index (χ3v) is 3.89. The second-order valence-electron chi connectivity index (χ2n) is 5.15. The van der Waals surface area contributed by atoms with Gasteiger partial charge in [0.1, 0.15) is 5.82 Å². The van der Waals surface area contributed by atoms with Crippen LogP contribution in [0.5, 0.6) is 0 Å². The van der Waals surface area contributed by atoms with E-state index < -0.39 is 6.09 Å². The van der Waals surface area contributed by atoms with Gasteiger partial charge in [-0.05, 0) is 35.2 Å². The molecule has 2 aromatic carbocycles. The Bertz CT molecular complexity index is 696. The highest BCUT2D eigenvalue weighted by Crippen LogP contribution is 2.35. The first kappa shape index (κ1) is 14.3. The van der Waals surface area contributed by atoms with Gasteiger partial charge in [0.15, 0.2) is 0 Å². The number of carbonyl (C=O) groups is 1. The Morgan fingerprint density at radius 3 is 2.68 bits per heavy atom. The van der Waals surface area contributed by atoms with Crippen LogP contribution in [0.15, 0.2) is 61.4 Å². The fraction of sp³-hybridized carbons (Fsp3) is 0.167. The van der Waals surface area contributed by atoms with Crippen LogP contribution >= 0.6 is 0 Å². The summed E-state index contributed by atoms with van der Waals surface area (Å²) < 4.78 is 18.2. The molecule has 3 rings (SSSR count). The van der Waals surface area contributed by atoms with Crippen molar-refractivity contribution < 1.29 is 13.9 Å². The van der Waals surface area contributed by atoms with E-state index in [0.717, 1.165) is 23.8 Å². The van der Waals surface area contributed by atoms with Crippen molar-refractivity contribution in [2.75, 3.05) is 6.54 Å². The molecule has 0 bridgehead atoms. The van der Waals surface area contributed by atoms with Crippen molar-refractivity contribution in [1.29, 1.82) is 0 Å². The zero-order valence-electron chi connectivity index (χ0n) is 12.0. The van der Waals surface area contributed by atoms with Crippen LogP contribution in [0.3, 0.4) is 0 Å². The molecule has 1 heterocycles. The van der Waals surface area contributed by atoms with Gasteiger partial charge in [-0.2, -0.15) is 0 Å². The fourth-order valence-electron chi connectivity index (χ4n) is 2.91. The molecule has 0 fully saturated rings. The van der Waals surface area contributed by atoms with Gasteiger partial charge in [0.25, 0.3) is 0 Å². The second kappa shape index (κ2) is 6.02. The minimum atomic E-state index is -0.446. The molecule has 0 N–H and O–H groups in total. The van der Waals surface area contributed by atoms with Crippen LogP contribution in [-0.2, 0) is 11.2 Å². The summed E-state index contributed by atoms with van der Waals surface area (Å²) in [5, 5.41) is 0. The smallest absolute Gasteiger partial charge is 0.415 e. The number of ether oxygens (including phenoxy) is 1. The Balaban J connectivity index is 2.07. The van der Waals surface area contributed by atoms with Crippen LogP contribution in [0.1, 0.15) is 22.7 Å². The lowest BCUT2D eigenvalue weighted by Gasteiger charge is -2.36. The van der Waals surface area contributed by atoms with E-state index in [1.807, 2.05) is 18.2 Å². The van der Waals surface area contributed by atoms with Gasteiger partial charge in [-0.25, -0.2) is 9.18 Å². The summed E-state index contributed by atoms with van der Waals surface area (Å²) in [5.74, 6) is -0.298. The van der Waals surface area contributed by atoms with Crippen molar-refractivity contribution in [1.82, 2.24) is 4.90 Å². The third kappa shape index (κ3) is 2.60. The van der Waals surface area contributed by atoms with Crippen molar-refractivity contribution in [3.8, 4) is 0 Å². The van der Waals surface area contributed by atoms with Gasteiger partial charge in [-0.15, -0.1) is 0 Å². The molecule has 0 aromatic heterocycles. The van der Waals surface area contributed by atoms with E-state index >= 15 is 0 Å². The molecule has 112 valence electrons. The molecular weight excluding hydrogens is 281 g/mol. The summed E-state index contributed by atoms with van der Waals surface area (Å²) in [4.78, 5) is 13.9. The zero-order chi connectivity index (χ0) is 15.5. The van der Waals surface area contributed by atoms with E-state index in [1.165, 1.54) is 17.7 Å². The van der Waals surface area contributed by atoms with Gasteiger partial charge in [0, 0.05) is 6.54 Å². The number of fused-ring (bicyclic) bond motifs is 1. The van der Waals surface area contributed by atoms with E-state index in [1.54, 1.807) is 17.0 Å². The predicted molar refractivity (Wildman–Crippen MR) is 81.8 cm³/mol. The summed E-state index contributed by atoms with van der Waals surface area (Å²) in [6.07, 6.45) is 1.45. The number of nitrogens with zero attached hydrogens (tertiary/aromatic N) is 1. The van der Waals surface area contributed by atoms with Crippen molar-refractivity contribution in [2.45, 2.75) is 12.5 Å². The van der Waals surface area contributed by atoms with E-state index in [0.29, 0.717) is 6.54 Å². The number of carbonyl (C=O) groups excluding carboxylic acids is 1.